The van der Waals surface area contributed by atoms with Gasteiger partial charge in [-0.1, -0.05) is 19.9 Å². The lowest BCUT2D eigenvalue weighted by molar-refractivity contribution is 0.0151. The van der Waals surface area contributed by atoms with Crippen molar-refractivity contribution in [2.45, 2.75) is 46.5 Å². The van der Waals surface area contributed by atoms with Crippen LogP contribution in [0.3, 0.4) is 0 Å². The zero-order chi connectivity index (χ0) is 19.6. The number of benzene rings is 1. The highest BCUT2D eigenvalue weighted by Gasteiger charge is 2.28. The van der Waals surface area contributed by atoms with Crippen molar-refractivity contribution < 1.29 is 13.5 Å². The zero-order valence-electron chi connectivity index (χ0n) is 16.5. The van der Waals surface area contributed by atoms with Gasteiger partial charge in [0.05, 0.1) is 19.2 Å². The van der Waals surface area contributed by atoms with Crippen molar-refractivity contribution in [3.63, 3.8) is 0 Å². The number of amidine groups is 1. The highest BCUT2D eigenvalue weighted by Crippen LogP contribution is 2.35. The van der Waals surface area contributed by atoms with Crippen LogP contribution in [-0.4, -0.2) is 37.5 Å². The Morgan fingerprint density at radius 2 is 1.92 bits per heavy atom. The summed E-state index contributed by atoms with van der Waals surface area (Å²) in [5.74, 6) is -1.84. The highest BCUT2D eigenvalue weighted by molar-refractivity contribution is 5.87. The van der Waals surface area contributed by atoms with Gasteiger partial charge in [0.2, 0.25) is 0 Å². The zero-order valence-corrected chi connectivity index (χ0v) is 16.5. The third-order valence-electron chi connectivity index (χ3n) is 3.85. The molecule has 146 valence electrons. The van der Waals surface area contributed by atoms with Crippen molar-refractivity contribution in [3.8, 4) is 5.75 Å². The number of hydrogen-bond donors (Lipinski definition) is 1. The Morgan fingerprint density at radius 1 is 1.27 bits per heavy atom. The summed E-state index contributed by atoms with van der Waals surface area (Å²) in [6.45, 7) is 9.43. The Bertz CT molecular complexity index is 604. The Balaban J connectivity index is 2.97. The molecule has 1 N–H and O–H groups in total. The van der Waals surface area contributed by atoms with E-state index in [2.05, 4.69) is 29.1 Å². The molecule has 0 amide bonds. The monoisotopic (exact) mass is 367 g/mol. The van der Waals surface area contributed by atoms with Gasteiger partial charge in [0.1, 0.15) is 11.6 Å². The van der Waals surface area contributed by atoms with Crippen LogP contribution < -0.4 is 10.1 Å². The Labute approximate surface area is 156 Å². The average Bonchev–Trinajstić information content (AvgIpc) is 2.60. The first-order valence-electron chi connectivity index (χ1n) is 9.10. The molecular formula is C20H31F2N3O. The van der Waals surface area contributed by atoms with E-state index in [-0.39, 0.29) is 11.3 Å². The molecule has 0 saturated carbocycles. The second-order valence-electron chi connectivity index (χ2n) is 6.17. The van der Waals surface area contributed by atoms with Gasteiger partial charge in [-0.25, -0.2) is 13.8 Å². The Morgan fingerprint density at radius 3 is 2.42 bits per heavy atom. The van der Waals surface area contributed by atoms with Gasteiger partial charge in [-0.15, -0.1) is 0 Å². The molecule has 6 heteroatoms. The van der Waals surface area contributed by atoms with E-state index < -0.39 is 5.92 Å². The summed E-state index contributed by atoms with van der Waals surface area (Å²) in [4.78, 5) is 6.79. The quantitative estimate of drug-likeness (QED) is 0.452. The third-order valence-corrected chi connectivity index (χ3v) is 3.85. The van der Waals surface area contributed by atoms with Gasteiger partial charge >= 0.3 is 0 Å². The van der Waals surface area contributed by atoms with Gasteiger partial charge in [-0.3, -0.25) is 0 Å². The number of rotatable bonds is 10. The molecule has 0 spiro atoms. The van der Waals surface area contributed by atoms with E-state index in [4.69, 9.17) is 4.74 Å². The topological polar surface area (TPSA) is 36.9 Å². The molecule has 1 rings (SSSR count). The smallest absolute Gasteiger partial charge is 0.274 e. The molecule has 4 nitrogen and oxygen atoms in total. The number of anilines is 1. The molecule has 0 atom stereocenters. The first kappa shape index (κ1) is 21.9. The maximum atomic E-state index is 13.6. The lowest BCUT2D eigenvalue weighted by atomic mass is 10.1. The van der Waals surface area contributed by atoms with Crippen LogP contribution in [0.5, 0.6) is 5.75 Å². The molecule has 0 saturated heterocycles. The molecule has 0 bridgehead atoms. The second kappa shape index (κ2) is 10.8. The summed E-state index contributed by atoms with van der Waals surface area (Å²) in [6, 6.07) is 4.65. The maximum Gasteiger partial charge on any atom is 0.274 e. The Hall–Kier alpha value is -2.11. The predicted molar refractivity (Wildman–Crippen MR) is 105 cm³/mol. The van der Waals surface area contributed by atoms with E-state index in [1.807, 2.05) is 13.0 Å². The summed E-state index contributed by atoms with van der Waals surface area (Å²) in [5, 5.41) is 3.27. The SMILES string of the molecule is C/C=C\N=C(/CNc1ccc(C(C)(F)F)c(OC)c1)N(CCC)CCC. The molecule has 0 unspecified atom stereocenters. The minimum Gasteiger partial charge on any atom is -0.496 e. The van der Waals surface area contributed by atoms with Crippen molar-refractivity contribution in [3.05, 3.63) is 36.0 Å². The first-order valence-corrected chi connectivity index (χ1v) is 9.10. The van der Waals surface area contributed by atoms with Gasteiger partial charge in [0.25, 0.3) is 5.92 Å². The largest absolute Gasteiger partial charge is 0.496 e. The fourth-order valence-electron chi connectivity index (χ4n) is 2.65. The van der Waals surface area contributed by atoms with Gasteiger partial charge < -0.3 is 15.0 Å². The first-order chi connectivity index (χ1) is 12.4. The normalized spacial score (nSPS) is 12.5. The van der Waals surface area contributed by atoms with Gasteiger partial charge in [0.15, 0.2) is 0 Å². The number of aliphatic imine (C=N–C) groups is 1. The number of halogens is 2. The van der Waals surface area contributed by atoms with E-state index >= 15 is 0 Å². The summed E-state index contributed by atoms with van der Waals surface area (Å²) >= 11 is 0. The number of nitrogens with one attached hydrogen (secondary N) is 1. The second-order valence-corrected chi connectivity index (χ2v) is 6.17. The van der Waals surface area contributed by atoms with Crippen molar-refractivity contribution in [2.75, 3.05) is 32.1 Å². The molecule has 0 aromatic heterocycles. The van der Waals surface area contributed by atoms with Crippen LogP contribution in [0.25, 0.3) is 0 Å². The summed E-state index contributed by atoms with van der Waals surface area (Å²) in [5.41, 5.74) is 0.600. The maximum absolute atomic E-state index is 13.6. The number of methoxy groups -OCH3 is 1. The van der Waals surface area contributed by atoms with Crippen LogP contribution in [0.2, 0.25) is 0 Å². The molecule has 0 aliphatic carbocycles. The van der Waals surface area contributed by atoms with Crippen LogP contribution in [0.1, 0.15) is 46.1 Å². The number of ether oxygens (including phenoxy) is 1. The number of hydrogen-bond acceptors (Lipinski definition) is 3. The van der Waals surface area contributed by atoms with Crippen LogP contribution in [0, 0.1) is 0 Å². The lowest BCUT2D eigenvalue weighted by Crippen LogP contribution is -2.36. The van der Waals surface area contributed by atoms with Crippen LogP contribution in [0.15, 0.2) is 35.5 Å². The Kier molecular flexibility index (Phi) is 9.10. The minimum atomic E-state index is -2.94. The fraction of sp³-hybridized carbons (Fsp3) is 0.550. The third kappa shape index (κ3) is 6.65. The number of nitrogens with zero attached hydrogens (tertiary/aromatic N) is 2. The van der Waals surface area contributed by atoms with Crippen molar-refractivity contribution in [1.29, 1.82) is 0 Å². The molecule has 0 fully saturated rings. The lowest BCUT2D eigenvalue weighted by Gasteiger charge is -2.26. The van der Waals surface area contributed by atoms with Crippen LogP contribution in [0.4, 0.5) is 14.5 Å². The van der Waals surface area contributed by atoms with Crippen LogP contribution >= 0.6 is 0 Å². The van der Waals surface area contributed by atoms with E-state index in [1.54, 1.807) is 18.3 Å². The summed E-state index contributed by atoms with van der Waals surface area (Å²) in [6.07, 6.45) is 5.72. The van der Waals surface area contributed by atoms with E-state index in [9.17, 15) is 8.78 Å². The minimum absolute atomic E-state index is 0.119. The van der Waals surface area contributed by atoms with Crippen molar-refractivity contribution in [2.24, 2.45) is 4.99 Å². The van der Waals surface area contributed by atoms with Crippen LogP contribution in [-0.2, 0) is 5.92 Å². The molecule has 0 heterocycles. The molecule has 26 heavy (non-hydrogen) atoms. The van der Waals surface area contributed by atoms with Crippen molar-refractivity contribution >= 4 is 11.5 Å². The number of allylic oxidation sites excluding steroid dienone is 1. The average molecular weight is 367 g/mol. The highest BCUT2D eigenvalue weighted by atomic mass is 19.3. The van der Waals surface area contributed by atoms with Gasteiger partial charge in [-0.05, 0) is 31.9 Å². The van der Waals surface area contributed by atoms with E-state index in [0.29, 0.717) is 6.54 Å². The molecule has 0 radical (unpaired) electrons. The standard InChI is InChI=1S/C20H31F2N3O/c1-6-11-23-19(25(12-7-2)13-8-3)15-24-16-9-10-17(20(4,21)22)18(14-16)26-5/h6,9-11,14,24H,7-8,12-13,15H2,1-5H3/b11-6-,23-19+. The molecule has 1 aromatic carbocycles. The van der Waals surface area contributed by atoms with Gasteiger partial charge in [-0.2, -0.15) is 0 Å². The fourth-order valence-corrected chi connectivity index (χ4v) is 2.65. The molecule has 1 aromatic rings. The predicted octanol–water partition coefficient (Wildman–Crippen LogP) is 5.27. The van der Waals surface area contributed by atoms with Gasteiger partial charge in [0, 0.05) is 38.0 Å². The molecular weight excluding hydrogens is 336 g/mol. The summed E-state index contributed by atoms with van der Waals surface area (Å²) in [7, 11) is 1.40. The number of alkyl halides is 2. The molecule has 0 aliphatic heterocycles. The summed E-state index contributed by atoms with van der Waals surface area (Å²) < 4.78 is 32.4. The van der Waals surface area contributed by atoms with Crippen molar-refractivity contribution in [1.82, 2.24) is 4.90 Å². The van der Waals surface area contributed by atoms with E-state index in [0.717, 1.165) is 44.4 Å². The molecule has 0 aliphatic rings. The van der Waals surface area contributed by atoms with E-state index in [1.165, 1.54) is 13.2 Å².